The zero-order valence-corrected chi connectivity index (χ0v) is 22.2. The molecule has 1 aliphatic carbocycles. The summed E-state index contributed by atoms with van der Waals surface area (Å²) in [5.41, 5.74) is -1.94. The lowest BCUT2D eigenvalue weighted by atomic mass is 9.62. The molecule has 198 valence electrons. The molecule has 4 atom stereocenters. The Hall–Kier alpha value is -2.35. The molecule has 0 amide bonds. The second-order valence-electron chi connectivity index (χ2n) is 12.4. The van der Waals surface area contributed by atoms with Crippen molar-refractivity contribution in [1.29, 1.82) is 0 Å². The molecule has 0 aromatic heterocycles. The number of esters is 1. The Morgan fingerprint density at radius 1 is 1.22 bits per heavy atom. The van der Waals surface area contributed by atoms with Gasteiger partial charge in [-0.2, -0.15) is 0 Å². The normalized spacial score (nSPS) is 32.8. The number of nitrogens with one attached hydrogen (secondary N) is 1. The zero-order chi connectivity index (χ0) is 26.9. The third-order valence-corrected chi connectivity index (χ3v) is 8.40. The summed E-state index contributed by atoms with van der Waals surface area (Å²) in [7, 11) is 0. The number of aliphatic hydroxyl groups is 1. The highest BCUT2D eigenvalue weighted by Gasteiger charge is 2.67. The Bertz CT molecular complexity index is 1270. The average Bonchev–Trinajstić information content (AvgIpc) is 3.23. The van der Waals surface area contributed by atoms with Gasteiger partial charge < -0.3 is 15.2 Å². The van der Waals surface area contributed by atoms with Crippen LogP contribution in [0.4, 0.5) is 8.78 Å². The molecule has 37 heavy (non-hydrogen) atoms. The minimum Gasteiger partial charge on any atom is -0.425 e. The number of hydrogen-bond donors (Lipinski definition) is 2. The quantitative estimate of drug-likeness (QED) is 0.396. The standard InChI is InChI=1S/C29H32ClF2NO4/c1-27(2,3)14-22-29(18-9-8-16(31)11-21(18)37-26(29)35)23(17-6-5-7-19(30)24(17)32)25(33-22)20(34)10-15-12-28(4,36)13-15/h5-9,11,15,22-23,25,33,36H,10,12-14H2,1-4H3/t15?,22-,23+,25+,28?,29+/m1/s1. The Kier molecular flexibility index (Phi) is 6.29. The van der Waals surface area contributed by atoms with E-state index in [-0.39, 0.29) is 39.9 Å². The first-order valence-electron chi connectivity index (χ1n) is 12.7. The third-order valence-electron chi connectivity index (χ3n) is 8.11. The SMILES string of the molecule is CC(C)(C)C[C@H]1N[C@@H](C(=O)CC2CC(C)(O)C2)[C@H](c2cccc(Cl)c2F)[C@@]12C(=O)Oc1cc(F)ccc12. The molecular weight excluding hydrogens is 500 g/mol. The molecule has 0 radical (unpaired) electrons. The van der Waals surface area contributed by atoms with Crippen LogP contribution in [-0.4, -0.2) is 34.5 Å². The van der Waals surface area contributed by atoms with Crippen LogP contribution in [0.15, 0.2) is 36.4 Å². The number of fused-ring (bicyclic) bond motifs is 2. The lowest BCUT2D eigenvalue weighted by molar-refractivity contribution is -0.139. The van der Waals surface area contributed by atoms with Gasteiger partial charge in [0.15, 0.2) is 5.78 Å². The van der Waals surface area contributed by atoms with Gasteiger partial charge in [0.1, 0.15) is 22.8 Å². The number of carbonyl (C=O) groups excluding carboxylic acids is 2. The second-order valence-corrected chi connectivity index (χ2v) is 12.8. The van der Waals surface area contributed by atoms with E-state index < -0.39 is 46.6 Å². The van der Waals surface area contributed by atoms with Crippen molar-refractivity contribution in [2.75, 3.05) is 0 Å². The van der Waals surface area contributed by atoms with Gasteiger partial charge in [0.2, 0.25) is 0 Å². The van der Waals surface area contributed by atoms with Crippen molar-refractivity contribution >= 4 is 23.4 Å². The fourth-order valence-electron chi connectivity index (χ4n) is 6.80. The largest absolute Gasteiger partial charge is 0.425 e. The van der Waals surface area contributed by atoms with E-state index in [4.69, 9.17) is 16.3 Å². The minimum absolute atomic E-state index is 0.00341. The van der Waals surface area contributed by atoms with Gasteiger partial charge in [0.05, 0.1) is 16.7 Å². The van der Waals surface area contributed by atoms with E-state index in [1.165, 1.54) is 18.2 Å². The molecule has 2 aromatic rings. The van der Waals surface area contributed by atoms with E-state index in [1.807, 2.05) is 20.8 Å². The third kappa shape index (κ3) is 4.39. The predicted molar refractivity (Wildman–Crippen MR) is 136 cm³/mol. The van der Waals surface area contributed by atoms with E-state index in [1.54, 1.807) is 19.1 Å². The van der Waals surface area contributed by atoms with Crippen LogP contribution in [0, 0.1) is 23.0 Å². The number of hydrogen-bond acceptors (Lipinski definition) is 5. The summed E-state index contributed by atoms with van der Waals surface area (Å²) in [6, 6.07) is 7.01. The molecule has 1 saturated heterocycles. The van der Waals surface area contributed by atoms with Gasteiger partial charge in [0, 0.05) is 30.0 Å². The average molecular weight is 532 g/mol. The maximum atomic E-state index is 15.7. The van der Waals surface area contributed by atoms with Gasteiger partial charge >= 0.3 is 5.97 Å². The van der Waals surface area contributed by atoms with Gasteiger partial charge in [-0.05, 0) is 55.2 Å². The number of ketones is 1. The molecule has 5 nitrogen and oxygen atoms in total. The van der Waals surface area contributed by atoms with Crippen molar-refractivity contribution in [2.24, 2.45) is 11.3 Å². The van der Waals surface area contributed by atoms with Crippen LogP contribution in [0.3, 0.4) is 0 Å². The number of ether oxygens (including phenoxy) is 1. The molecule has 2 N–H and O–H groups in total. The van der Waals surface area contributed by atoms with Gasteiger partial charge in [-0.1, -0.05) is 50.6 Å². The zero-order valence-electron chi connectivity index (χ0n) is 21.4. The lowest BCUT2D eigenvalue weighted by Crippen LogP contribution is -2.49. The number of carbonyl (C=O) groups is 2. The van der Waals surface area contributed by atoms with Crippen molar-refractivity contribution < 1.29 is 28.2 Å². The predicted octanol–water partition coefficient (Wildman–Crippen LogP) is 5.46. The first-order valence-corrected chi connectivity index (χ1v) is 13.1. The van der Waals surface area contributed by atoms with Crippen LogP contribution >= 0.6 is 11.6 Å². The lowest BCUT2D eigenvalue weighted by Gasteiger charge is -2.41. The molecule has 8 heteroatoms. The molecule has 0 bridgehead atoms. The highest BCUT2D eigenvalue weighted by atomic mass is 35.5. The van der Waals surface area contributed by atoms with Crippen LogP contribution in [-0.2, 0) is 15.0 Å². The molecule has 2 fully saturated rings. The molecule has 1 spiro atoms. The Balaban J connectivity index is 1.69. The first kappa shape index (κ1) is 26.3. The molecule has 5 rings (SSSR count). The van der Waals surface area contributed by atoms with Crippen LogP contribution in [0.25, 0.3) is 0 Å². The van der Waals surface area contributed by atoms with Crippen LogP contribution in [0.2, 0.25) is 5.02 Å². The molecule has 2 aliphatic heterocycles. The highest BCUT2D eigenvalue weighted by molar-refractivity contribution is 6.30. The molecule has 0 unspecified atom stereocenters. The van der Waals surface area contributed by atoms with Crippen LogP contribution < -0.4 is 10.1 Å². The van der Waals surface area contributed by atoms with E-state index in [2.05, 4.69) is 5.32 Å². The van der Waals surface area contributed by atoms with Gasteiger partial charge in [0.25, 0.3) is 0 Å². The topological polar surface area (TPSA) is 75.6 Å². The van der Waals surface area contributed by atoms with Crippen molar-refractivity contribution in [1.82, 2.24) is 5.32 Å². The molecular formula is C29H32ClF2NO4. The maximum absolute atomic E-state index is 15.7. The van der Waals surface area contributed by atoms with E-state index in [9.17, 15) is 19.1 Å². The fourth-order valence-corrected chi connectivity index (χ4v) is 6.98. The van der Waals surface area contributed by atoms with Crippen molar-refractivity contribution in [3.05, 3.63) is 64.2 Å². The first-order chi connectivity index (χ1) is 17.2. The number of halogens is 3. The summed E-state index contributed by atoms with van der Waals surface area (Å²) in [5, 5.41) is 13.5. The van der Waals surface area contributed by atoms with E-state index in [0.29, 0.717) is 24.8 Å². The minimum atomic E-state index is -1.47. The van der Waals surface area contributed by atoms with Gasteiger partial charge in [-0.3, -0.25) is 9.59 Å². The Morgan fingerprint density at radius 3 is 2.57 bits per heavy atom. The van der Waals surface area contributed by atoms with Crippen LogP contribution in [0.5, 0.6) is 5.75 Å². The van der Waals surface area contributed by atoms with Gasteiger partial charge in [-0.15, -0.1) is 0 Å². The number of Topliss-reactive ketones (excluding diaryl/α,β-unsaturated/α-hetero) is 1. The van der Waals surface area contributed by atoms with Crippen molar-refractivity contribution in [2.45, 2.75) is 82.4 Å². The smallest absolute Gasteiger partial charge is 0.324 e. The van der Waals surface area contributed by atoms with E-state index >= 15 is 4.39 Å². The molecule has 2 aromatic carbocycles. The van der Waals surface area contributed by atoms with Crippen molar-refractivity contribution in [3.8, 4) is 5.75 Å². The Labute approximate surface area is 220 Å². The summed E-state index contributed by atoms with van der Waals surface area (Å²) in [6.07, 6.45) is 1.67. The summed E-state index contributed by atoms with van der Waals surface area (Å²) in [4.78, 5) is 27.8. The maximum Gasteiger partial charge on any atom is 0.324 e. The fraction of sp³-hybridized carbons (Fsp3) is 0.517. The highest BCUT2D eigenvalue weighted by Crippen LogP contribution is 2.58. The molecule has 2 heterocycles. The summed E-state index contributed by atoms with van der Waals surface area (Å²) in [5.74, 6) is -2.93. The number of rotatable bonds is 5. The summed E-state index contributed by atoms with van der Waals surface area (Å²) < 4.78 is 35.5. The van der Waals surface area contributed by atoms with Crippen LogP contribution in [0.1, 0.15) is 70.4 Å². The van der Waals surface area contributed by atoms with E-state index in [0.717, 1.165) is 6.07 Å². The summed E-state index contributed by atoms with van der Waals surface area (Å²) in [6.45, 7) is 7.81. The summed E-state index contributed by atoms with van der Waals surface area (Å²) >= 11 is 6.19. The Morgan fingerprint density at radius 2 is 1.92 bits per heavy atom. The second kappa shape index (κ2) is 8.85. The van der Waals surface area contributed by atoms with Crippen molar-refractivity contribution in [3.63, 3.8) is 0 Å². The molecule has 3 aliphatic rings. The van der Waals surface area contributed by atoms with Gasteiger partial charge in [-0.25, -0.2) is 8.78 Å². The number of benzene rings is 2. The molecule has 1 saturated carbocycles. The monoisotopic (exact) mass is 531 g/mol.